The van der Waals surface area contributed by atoms with E-state index in [1.165, 1.54) is 6.26 Å². The first-order valence-corrected chi connectivity index (χ1v) is 6.46. The van der Waals surface area contributed by atoms with E-state index in [1.54, 1.807) is 6.07 Å². The van der Waals surface area contributed by atoms with E-state index in [2.05, 4.69) is 5.32 Å². The van der Waals surface area contributed by atoms with Crippen LogP contribution in [-0.2, 0) is 6.61 Å². The molecule has 6 heteroatoms. The van der Waals surface area contributed by atoms with Gasteiger partial charge in [-0.1, -0.05) is 18.2 Å². The van der Waals surface area contributed by atoms with Gasteiger partial charge in [0.25, 0.3) is 5.91 Å². The minimum absolute atomic E-state index is 0. The Labute approximate surface area is 129 Å². The summed E-state index contributed by atoms with van der Waals surface area (Å²) >= 11 is 0. The van der Waals surface area contributed by atoms with Gasteiger partial charge in [-0.2, -0.15) is 0 Å². The number of furan rings is 1. The number of hydrogen-bond donors (Lipinski definition) is 2. The molecule has 21 heavy (non-hydrogen) atoms. The quantitative estimate of drug-likeness (QED) is 0.858. The van der Waals surface area contributed by atoms with Crippen molar-refractivity contribution < 1.29 is 13.9 Å². The van der Waals surface area contributed by atoms with Crippen molar-refractivity contribution in [1.82, 2.24) is 5.32 Å². The van der Waals surface area contributed by atoms with E-state index < -0.39 is 0 Å². The van der Waals surface area contributed by atoms with Crippen molar-refractivity contribution in [2.75, 3.05) is 6.54 Å². The first kappa shape index (κ1) is 17.1. The monoisotopic (exact) mass is 310 g/mol. The number of para-hydroxylation sites is 1. The molecule has 0 radical (unpaired) electrons. The number of nitrogens with one attached hydrogen (secondary N) is 1. The summed E-state index contributed by atoms with van der Waals surface area (Å²) in [6.45, 7) is 2.49. The summed E-state index contributed by atoms with van der Waals surface area (Å²) in [7, 11) is 0. The molecule has 0 bridgehead atoms. The van der Waals surface area contributed by atoms with Gasteiger partial charge >= 0.3 is 0 Å². The fourth-order valence-corrected chi connectivity index (χ4v) is 1.67. The second-order valence-corrected chi connectivity index (χ2v) is 4.49. The second kappa shape index (κ2) is 8.34. The first-order chi connectivity index (χ1) is 9.70. The zero-order valence-electron chi connectivity index (χ0n) is 11.7. The van der Waals surface area contributed by atoms with Gasteiger partial charge in [0.15, 0.2) is 5.76 Å². The van der Waals surface area contributed by atoms with Crippen LogP contribution in [0.4, 0.5) is 0 Å². The number of carbonyl (C=O) groups excluding carboxylic acids is 1. The summed E-state index contributed by atoms with van der Waals surface area (Å²) in [6.07, 6.45) is 1.48. The summed E-state index contributed by atoms with van der Waals surface area (Å²) in [5, 5.41) is 2.76. The van der Waals surface area contributed by atoms with Crippen LogP contribution in [0.1, 0.15) is 23.0 Å². The van der Waals surface area contributed by atoms with E-state index in [1.807, 2.05) is 37.3 Å². The van der Waals surface area contributed by atoms with Crippen molar-refractivity contribution in [3.8, 4) is 5.75 Å². The normalized spacial score (nSPS) is 11.3. The van der Waals surface area contributed by atoms with E-state index in [-0.39, 0.29) is 36.7 Å². The van der Waals surface area contributed by atoms with Crippen LogP contribution in [0.25, 0.3) is 0 Å². The highest BCUT2D eigenvalue weighted by atomic mass is 35.5. The van der Waals surface area contributed by atoms with Crippen LogP contribution < -0.4 is 15.8 Å². The van der Waals surface area contributed by atoms with Crippen molar-refractivity contribution >= 4 is 18.3 Å². The fourth-order valence-electron chi connectivity index (χ4n) is 1.67. The van der Waals surface area contributed by atoms with Crippen molar-refractivity contribution in [3.05, 3.63) is 54.0 Å². The number of carbonyl (C=O) groups is 1. The third kappa shape index (κ3) is 4.81. The largest absolute Gasteiger partial charge is 0.489 e. The molecular formula is C15H19ClN2O3. The highest BCUT2D eigenvalue weighted by molar-refractivity contribution is 5.93. The summed E-state index contributed by atoms with van der Waals surface area (Å²) < 4.78 is 10.8. The van der Waals surface area contributed by atoms with Gasteiger partial charge < -0.3 is 20.2 Å². The molecular weight excluding hydrogens is 292 g/mol. The van der Waals surface area contributed by atoms with Gasteiger partial charge in [-0.05, 0) is 25.1 Å². The maximum Gasteiger partial charge on any atom is 0.287 e. The number of amides is 1. The lowest BCUT2D eigenvalue weighted by Gasteiger charge is -2.11. The first-order valence-electron chi connectivity index (χ1n) is 6.46. The topological polar surface area (TPSA) is 77.5 Å². The Morgan fingerprint density at radius 2 is 2.05 bits per heavy atom. The van der Waals surface area contributed by atoms with Crippen molar-refractivity contribution in [2.45, 2.75) is 19.6 Å². The lowest BCUT2D eigenvalue weighted by Crippen LogP contribution is -2.38. The minimum Gasteiger partial charge on any atom is -0.489 e. The number of rotatable bonds is 6. The van der Waals surface area contributed by atoms with Crippen molar-refractivity contribution in [3.63, 3.8) is 0 Å². The number of benzene rings is 1. The van der Waals surface area contributed by atoms with E-state index in [0.29, 0.717) is 12.1 Å². The van der Waals surface area contributed by atoms with Crippen LogP contribution in [0, 0.1) is 0 Å². The predicted octanol–water partition coefficient (Wildman–Crippen LogP) is 2.36. The van der Waals surface area contributed by atoms with E-state index in [0.717, 1.165) is 5.75 Å². The van der Waals surface area contributed by atoms with Crippen LogP contribution in [0.5, 0.6) is 5.75 Å². The molecule has 1 aromatic heterocycles. The SMILES string of the molecule is C[C@@H](CN)NC(=O)c1occc1COc1ccccc1.Cl. The number of hydrogen-bond acceptors (Lipinski definition) is 4. The van der Waals surface area contributed by atoms with Gasteiger partial charge in [0.1, 0.15) is 12.4 Å². The van der Waals surface area contributed by atoms with Gasteiger partial charge in [0.2, 0.25) is 0 Å². The third-order valence-electron chi connectivity index (χ3n) is 2.82. The van der Waals surface area contributed by atoms with Gasteiger partial charge in [0, 0.05) is 18.2 Å². The highest BCUT2D eigenvalue weighted by Gasteiger charge is 2.17. The maximum absolute atomic E-state index is 12.0. The predicted molar refractivity (Wildman–Crippen MR) is 82.7 cm³/mol. The molecule has 0 fully saturated rings. The Hall–Kier alpha value is -1.98. The Balaban J connectivity index is 0.00000220. The van der Waals surface area contributed by atoms with Gasteiger partial charge in [0.05, 0.1) is 6.26 Å². The van der Waals surface area contributed by atoms with Crippen molar-refractivity contribution in [2.24, 2.45) is 5.73 Å². The average molecular weight is 311 g/mol. The van der Waals surface area contributed by atoms with Gasteiger partial charge in [-0.15, -0.1) is 12.4 Å². The number of halogens is 1. The van der Waals surface area contributed by atoms with E-state index >= 15 is 0 Å². The molecule has 3 N–H and O–H groups in total. The standard InChI is InChI=1S/C15H18N2O3.ClH/c1-11(9-16)17-15(18)14-12(7-8-19-14)10-20-13-5-3-2-4-6-13;/h2-8,11H,9-10,16H2,1H3,(H,17,18);1H/t11-;/m0./s1. The second-order valence-electron chi connectivity index (χ2n) is 4.49. The lowest BCUT2D eigenvalue weighted by molar-refractivity contribution is 0.0910. The maximum atomic E-state index is 12.0. The Morgan fingerprint density at radius 1 is 1.33 bits per heavy atom. The molecule has 2 rings (SSSR count). The molecule has 0 spiro atoms. The smallest absolute Gasteiger partial charge is 0.287 e. The molecule has 0 saturated carbocycles. The van der Waals surface area contributed by atoms with Crippen LogP contribution >= 0.6 is 12.4 Å². The summed E-state index contributed by atoms with van der Waals surface area (Å²) in [5.41, 5.74) is 6.18. The fraction of sp³-hybridized carbons (Fsp3) is 0.267. The van der Waals surface area contributed by atoms with Gasteiger partial charge in [-0.25, -0.2) is 0 Å². The minimum atomic E-state index is -0.278. The molecule has 1 heterocycles. The Bertz CT molecular complexity index is 557. The summed E-state index contributed by atoms with van der Waals surface area (Å²) in [6, 6.07) is 11.0. The van der Waals surface area contributed by atoms with E-state index in [4.69, 9.17) is 14.9 Å². The molecule has 1 atom stereocenters. The number of ether oxygens (including phenoxy) is 1. The summed E-state index contributed by atoms with van der Waals surface area (Å²) in [5.74, 6) is 0.733. The molecule has 0 saturated heterocycles. The van der Waals surface area contributed by atoms with E-state index in [9.17, 15) is 4.79 Å². The van der Waals surface area contributed by atoms with Crippen LogP contribution in [0.3, 0.4) is 0 Å². The van der Waals surface area contributed by atoms with Crippen molar-refractivity contribution in [1.29, 1.82) is 0 Å². The lowest BCUT2D eigenvalue weighted by atomic mass is 10.2. The van der Waals surface area contributed by atoms with Gasteiger partial charge in [-0.3, -0.25) is 4.79 Å². The molecule has 1 amide bonds. The molecule has 1 aromatic carbocycles. The molecule has 0 aliphatic rings. The molecule has 2 aromatic rings. The zero-order chi connectivity index (χ0) is 14.4. The molecule has 0 unspecified atom stereocenters. The average Bonchev–Trinajstić information content (AvgIpc) is 2.94. The van der Waals surface area contributed by atoms with Crippen LogP contribution in [-0.4, -0.2) is 18.5 Å². The Morgan fingerprint density at radius 3 is 2.71 bits per heavy atom. The van der Waals surface area contributed by atoms with Crippen LogP contribution in [0.2, 0.25) is 0 Å². The zero-order valence-corrected chi connectivity index (χ0v) is 12.6. The molecule has 5 nitrogen and oxygen atoms in total. The summed E-state index contributed by atoms with van der Waals surface area (Å²) in [4.78, 5) is 12.0. The molecule has 0 aliphatic heterocycles. The highest BCUT2D eigenvalue weighted by Crippen LogP contribution is 2.15. The molecule has 0 aliphatic carbocycles. The van der Waals surface area contributed by atoms with Crippen LogP contribution in [0.15, 0.2) is 47.1 Å². The molecule has 114 valence electrons. The Kier molecular flexibility index (Phi) is 6.78. The number of nitrogens with two attached hydrogens (primary N) is 1. The third-order valence-corrected chi connectivity index (χ3v) is 2.82.